The Bertz CT molecular complexity index is 607. The van der Waals surface area contributed by atoms with E-state index in [-0.39, 0.29) is 11.9 Å². The fourth-order valence-electron chi connectivity index (χ4n) is 2.10. The molecule has 0 bridgehead atoms. The number of benzene rings is 1. The van der Waals surface area contributed by atoms with Crippen molar-refractivity contribution in [1.82, 2.24) is 10.2 Å². The van der Waals surface area contributed by atoms with Gasteiger partial charge in [-0.05, 0) is 45.0 Å². The molecule has 27 heavy (non-hydrogen) atoms. The maximum Gasteiger partial charge on any atom is 0.414 e. The average Bonchev–Trinajstić information content (AvgIpc) is 2.61. The van der Waals surface area contributed by atoms with Crippen LogP contribution in [0, 0.1) is 0 Å². The average molecular weight is 381 g/mol. The first-order valence-electron chi connectivity index (χ1n) is 8.84. The van der Waals surface area contributed by atoms with Gasteiger partial charge in [0.2, 0.25) is 5.91 Å². The number of nitrogens with zero attached hydrogens (tertiary/aromatic N) is 1. The second kappa shape index (κ2) is 12.8. The van der Waals surface area contributed by atoms with E-state index in [1.165, 1.54) is 5.56 Å². The third kappa shape index (κ3) is 10.3. The van der Waals surface area contributed by atoms with E-state index in [0.717, 1.165) is 25.2 Å². The number of hydrogen-bond donors (Lipinski definition) is 4. The molecule has 1 rings (SSSR count). The lowest BCUT2D eigenvalue weighted by Crippen LogP contribution is -2.41. The highest BCUT2D eigenvalue weighted by molar-refractivity contribution is 6.27. The molecule has 152 valence electrons. The van der Waals surface area contributed by atoms with Crippen LogP contribution in [0.15, 0.2) is 24.3 Å². The van der Waals surface area contributed by atoms with Crippen LogP contribution in [0.25, 0.3) is 0 Å². The smallest absolute Gasteiger partial charge is 0.414 e. The van der Waals surface area contributed by atoms with Crippen LogP contribution in [0.4, 0.5) is 5.69 Å². The number of hydrogen-bond acceptors (Lipinski definition) is 5. The van der Waals surface area contributed by atoms with Crippen molar-refractivity contribution in [2.45, 2.75) is 39.2 Å². The number of para-hydroxylation sites is 1. The van der Waals surface area contributed by atoms with Crippen molar-refractivity contribution in [2.24, 2.45) is 0 Å². The molecular formula is C19H31N3O5. The number of carbonyl (C=O) groups is 3. The largest absolute Gasteiger partial charge is 0.473 e. The Morgan fingerprint density at radius 1 is 1.07 bits per heavy atom. The second-order valence-corrected chi connectivity index (χ2v) is 6.48. The highest BCUT2D eigenvalue weighted by atomic mass is 16.4. The zero-order valence-corrected chi connectivity index (χ0v) is 16.7. The van der Waals surface area contributed by atoms with Gasteiger partial charge in [0.15, 0.2) is 0 Å². The van der Waals surface area contributed by atoms with Gasteiger partial charge >= 0.3 is 11.9 Å². The molecule has 0 heterocycles. The Balaban J connectivity index is 0.000000972. The number of anilines is 1. The van der Waals surface area contributed by atoms with Crippen LogP contribution >= 0.6 is 0 Å². The summed E-state index contributed by atoms with van der Waals surface area (Å²) in [6, 6.07) is 7.86. The molecule has 0 saturated carbocycles. The summed E-state index contributed by atoms with van der Waals surface area (Å²) in [4.78, 5) is 32.6. The van der Waals surface area contributed by atoms with Crippen molar-refractivity contribution in [1.29, 1.82) is 0 Å². The highest BCUT2D eigenvalue weighted by Gasteiger charge is 2.15. The van der Waals surface area contributed by atoms with E-state index in [2.05, 4.69) is 35.4 Å². The molecule has 2 unspecified atom stereocenters. The van der Waals surface area contributed by atoms with Crippen LogP contribution in [0.3, 0.4) is 0 Å². The van der Waals surface area contributed by atoms with Gasteiger partial charge in [-0.3, -0.25) is 4.79 Å². The summed E-state index contributed by atoms with van der Waals surface area (Å²) in [7, 11) is 4.05. The van der Waals surface area contributed by atoms with Crippen LogP contribution in [0.5, 0.6) is 0 Å². The zero-order chi connectivity index (χ0) is 21.0. The highest BCUT2D eigenvalue weighted by Crippen LogP contribution is 2.26. The number of aliphatic carboxylic acids is 2. The van der Waals surface area contributed by atoms with Gasteiger partial charge in [-0.25, -0.2) is 9.59 Å². The third-order valence-electron chi connectivity index (χ3n) is 3.95. The van der Waals surface area contributed by atoms with Crippen LogP contribution in [-0.4, -0.2) is 66.2 Å². The summed E-state index contributed by atoms with van der Waals surface area (Å²) in [6.07, 6.45) is 1.06. The fraction of sp³-hybridized carbons (Fsp3) is 0.526. The first kappa shape index (κ1) is 24.6. The number of amides is 1. The predicted octanol–water partition coefficient (Wildman–Crippen LogP) is 1.83. The number of rotatable bonds is 8. The molecule has 0 aliphatic carbocycles. The van der Waals surface area contributed by atoms with Gasteiger partial charge in [0, 0.05) is 18.8 Å². The summed E-state index contributed by atoms with van der Waals surface area (Å²) in [6.45, 7) is 7.96. The van der Waals surface area contributed by atoms with Crippen LogP contribution in [0.1, 0.15) is 38.7 Å². The van der Waals surface area contributed by atoms with E-state index in [0.29, 0.717) is 5.92 Å². The van der Waals surface area contributed by atoms with E-state index < -0.39 is 11.9 Å². The minimum absolute atomic E-state index is 0.0181. The summed E-state index contributed by atoms with van der Waals surface area (Å²) < 4.78 is 0. The van der Waals surface area contributed by atoms with E-state index in [1.807, 2.05) is 39.2 Å². The van der Waals surface area contributed by atoms with Crippen LogP contribution < -0.4 is 10.6 Å². The lowest BCUT2D eigenvalue weighted by atomic mass is 9.97. The Labute approximate surface area is 160 Å². The van der Waals surface area contributed by atoms with Gasteiger partial charge in [-0.1, -0.05) is 32.0 Å². The minimum Gasteiger partial charge on any atom is -0.473 e. The minimum atomic E-state index is -1.82. The number of nitrogens with one attached hydrogen (secondary N) is 2. The molecule has 2 atom stereocenters. The molecule has 0 radical (unpaired) electrons. The summed E-state index contributed by atoms with van der Waals surface area (Å²) in [5.41, 5.74) is 2.13. The molecule has 1 aromatic carbocycles. The molecule has 0 fully saturated rings. The number of carbonyl (C=O) groups excluding carboxylic acids is 1. The normalized spacial score (nSPS) is 12.5. The first-order chi connectivity index (χ1) is 12.6. The maximum absolute atomic E-state index is 12.3. The fourth-order valence-corrected chi connectivity index (χ4v) is 2.10. The Kier molecular flexibility index (Phi) is 11.7. The Morgan fingerprint density at radius 2 is 1.63 bits per heavy atom. The molecular weight excluding hydrogens is 350 g/mol. The topological polar surface area (TPSA) is 119 Å². The molecule has 0 spiro atoms. The lowest BCUT2D eigenvalue weighted by molar-refractivity contribution is -0.159. The van der Waals surface area contributed by atoms with Gasteiger partial charge in [-0.15, -0.1) is 0 Å². The van der Waals surface area contributed by atoms with E-state index in [4.69, 9.17) is 19.8 Å². The first-order valence-corrected chi connectivity index (χ1v) is 8.84. The van der Waals surface area contributed by atoms with Crippen molar-refractivity contribution in [3.8, 4) is 0 Å². The molecule has 0 aromatic heterocycles. The molecule has 0 aliphatic heterocycles. The summed E-state index contributed by atoms with van der Waals surface area (Å²) in [5.74, 6) is -3.19. The summed E-state index contributed by atoms with van der Waals surface area (Å²) >= 11 is 0. The van der Waals surface area contributed by atoms with Gasteiger partial charge in [0.25, 0.3) is 0 Å². The van der Waals surface area contributed by atoms with Crippen molar-refractivity contribution in [3.63, 3.8) is 0 Å². The molecule has 8 nitrogen and oxygen atoms in total. The van der Waals surface area contributed by atoms with Crippen molar-refractivity contribution in [3.05, 3.63) is 29.8 Å². The van der Waals surface area contributed by atoms with E-state index >= 15 is 0 Å². The van der Waals surface area contributed by atoms with Gasteiger partial charge in [0.05, 0.1) is 6.04 Å². The molecule has 0 aliphatic rings. The molecule has 1 aromatic rings. The predicted molar refractivity (Wildman–Crippen MR) is 105 cm³/mol. The molecule has 1 amide bonds. The van der Waals surface area contributed by atoms with Gasteiger partial charge < -0.3 is 25.7 Å². The van der Waals surface area contributed by atoms with Crippen LogP contribution in [0.2, 0.25) is 0 Å². The number of likely N-dealkylation sites (N-methyl/N-ethyl adjacent to an activating group) is 1. The quantitative estimate of drug-likeness (QED) is 0.507. The zero-order valence-electron chi connectivity index (χ0n) is 16.7. The van der Waals surface area contributed by atoms with Gasteiger partial charge in [0.1, 0.15) is 0 Å². The van der Waals surface area contributed by atoms with Crippen molar-refractivity contribution in [2.75, 3.05) is 32.5 Å². The SMILES string of the molecule is CCC(C)c1ccccc1NC(=O)C(C)NCCN(C)C.O=C(O)C(=O)O. The van der Waals surface area contributed by atoms with Gasteiger partial charge in [-0.2, -0.15) is 0 Å². The molecule has 0 saturated heterocycles. The molecule has 4 N–H and O–H groups in total. The Hall–Kier alpha value is -2.45. The molecule has 8 heteroatoms. The Morgan fingerprint density at radius 3 is 2.11 bits per heavy atom. The monoisotopic (exact) mass is 381 g/mol. The van der Waals surface area contributed by atoms with E-state index in [9.17, 15) is 4.79 Å². The standard InChI is InChI=1S/C17H29N3O.C2H2O4/c1-6-13(2)15-9-7-8-10-16(15)19-17(21)14(3)18-11-12-20(4)5;3-1(4)2(5)6/h7-10,13-14,18H,6,11-12H2,1-5H3,(H,19,21);(H,3,4)(H,5,6). The van der Waals surface area contributed by atoms with Crippen molar-refractivity contribution < 1.29 is 24.6 Å². The maximum atomic E-state index is 12.3. The number of carboxylic acids is 2. The number of carboxylic acid groups (broad SMARTS) is 2. The van der Waals surface area contributed by atoms with Crippen molar-refractivity contribution >= 4 is 23.5 Å². The van der Waals surface area contributed by atoms with Crippen LogP contribution in [-0.2, 0) is 14.4 Å². The summed E-state index contributed by atoms with van der Waals surface area (Å²) in [5, 5.41) is 21.1. The third-order valence-corrected chi connectivity index (χ3v) is 3.95. The van der Waals surface area contributed by atoms with E-state index in [1.54, 1.807) is 0 Å². The second-order valence-electron chi connectivity index (χ2n) is 6.48. The lowest BCUT2D eigenvalue weighted by Gasteiger charge is -2.19.